The zero-order valence-electron chi connectivity index (χ0n) is 14.9. The van der Waals surface area contributed by atoms with Crippen LogP contribution in [0.4, 0.5) is 0 Å². The lowest BCUT2D eigenvalue weighted by Gasteiger charge is -2.21. The number of guanidine groups is 1. The average molecular weight is 477 g/mol. The summed E-state index contributed by atoms with van der Waals surface area (Å²) in [6.45, 7) is 7.12. The van der Waals surface area contributed by atoms with Gasteiger partial charge in [-0.25, -0.2) is 0 Å². The van der Waals surface area contributed by atoms with Gasteiger partial charge in [-0.2, -0.15) is 11.8 Å². The smallest absolute Gasteiger partial charge is 0.252 e. The highest BCUT2D eigenvalue weighted by Crippen LogP contribution is 2.37. The Hall–Kier alpha value is -1.03. The second kappa shape index (κ2) is 11.6. The molecule has 8 heteroatoms. The van der Waals surface area contributed by atoms with Crippen molar-refractivity contribution < 1.29 is 4.79 Å². The van der Waals surface area contributed by atoms with Crippen LogP contribution >= 0.6 is 35.7 Å². The molecule has 1 saturated heterocycles. The lowest BCUT2D eigenvalue weighted by molar-refractivity contribution is 0.0954. The molecule has 3 N–H and O–H groups in total. The topological polar surface area (TPSA) is 78.4 Å². The summed E-state index contributed by atoms with van der Waals surface area (Å²) in [5, 5.41) is 9.39. The Kier molecular flexibility index (Phi) is 10.2. The van der Waals surface area contributed by atoms with Crippen LogP contribution in [0.5, 0.6) is 0 Å². The Labute approximate surface area is 171 Å². The van der Waals surface area contributed by atoms with Gasteiger partial charge in [0.1, 0.15) is 0 Å². The number of carbonyl (C=O) groups is 1. The Morgan fingerprint density at radius 2 is 2.16 bits per heavy atom. The summed E-state index contributed by atoms with van der Waals surface area (Å²) < 4.78 is 0.261. The standard InChI is InChI=1S/C17H27N5OS.HI/c1-3-19-16(22-13-17(2)7-5-11-24-17)21-10-9-20-15(23)14-6-4-8-18-12-14;/h4,6,8,12H,3,5,7,9-11,13H2,1-2H3,(H,20,23)(H2,19,21,22);1H. The molecule has 1 aromatic rings. The van der Waals surface area contributed by atoms with E-state index in [2.05, 4.69) is 27.9 Å². The van der Waals surface area contributed by atoms with Gasteiger partial charge in [0.25, 0.3) is 5.91 Å². The van der Waals surface area contributed by atoms with Gasteiger partial charge < -0.3 is 16.0 Å². The summed E-state index contributed by atoms with van der Waals surface area (Å²) in [5.41, 5.74) is 0.573. The first-order chi connectivity index (χ1) is 11.6. The lowest BCUT2D eigenvalue weighted by atomic mass is 10.1. The van der Waals surface area contributed by atoms with Crippen molar-refractivity contribution in [2.45, 2.75) is 31.4 Å². The highest BCUT2D eigenvalue weighted by atomic mass is 127. The molecular formula is C17H28IN5OS. The number of thioether (sulfide) groups is 1. The van der Waals surface area contributed by atoms with E-state index >= 15 is 0 Å². The van der Waals surface area contributed by atoms with Gasteiger partial charge in [-0.15, -0.1) is 24.0 Å². The van der Waals surface area contributed by atoms with Gasteiger partial charge in [0, 0.05) is 36.8 Å². The zero-order valence-corrected chi connectivity index (χ0v) is 18.0. The van der Waals surface area contributed by atoms with Crippen molar-refractivity contribution in [2.75, 3.05) is 31.9 Å². The molecule has 2 heterocycles. The number of pyridine rings is 1. The average Bonchev–Trinajstić information content (AvgIpc) is 3.04. The zero-order chi connectivity index (χ0) is 17.3. The van der Waals surface area contributed by atoms with Gasteiger partial charge in [0.2, 0.25) is 0 Å². The van der Waals surface area contributed by atoms with Crippen molar-refractivity contribution in [3.05, 3.63) is 30.1 Å². The predicted molar refractivity (Wildman–Crippen MR) is 116 cm³/mol. The van der Waals surface area contributed by atoms with E-state index in [9.17, 15) is 4.79 Å². The normalized spacial score (nSPS) is 19.8. The van der Waals surface area contributed by atoms with Crippen LogP contribution in [0, 0.1) is 0 Å². The Morgan fingerprint density at radius 3 is 2.80 bits per heavy atom. The monoisotopic (exact) mass is 477 g/mol. The Morgan fingerprint density at radius 1 is 1.36 bits per heavy atom. The fraction of sp³-hybridized carbons (Fsp3) is 0.588. The van der Waals surface area contributed by atoms with Crippen molar-refractivity contribution in [1.29, 1.82) is 0 Å². The summed E-state index contributed by atoms with van der Waals surface area (Å²) in [7, 11) is 0. The molecular weight excluding hydrogens is 449 g/mol. The number of carbonyl (C=O) groups excluding carboxylic acids is 1. The van der Waals surface area contributed by atoms with Crippen LogP contribution in [0.3, 0.4) is 0 Å². The molecule has 140 valence electrons. The summed E-state index contributed by atoms with van der Waals surface area (Å²) in [6.07, 6.45) is 5.72. The van der Waals surface area contributed by atoms with Crippen LogP contribution in [0.15, 0.2) is 29.5 Å². The fourth-order valence-corrected chi connectivity index (χ4v) is 3.73. The first-order valence-electron chi connectivity index (χ1n) is 8.47. The molecule has 0 saturated carbocycles. The molecule has 25 heavy (non-hydrogen) atoms. The molecule has 0 spiro atoms. The maximum absolute atomic E-state index is 11.9. The van der Waals surface area contributed by atoms with E-state index < -0.39 is 0 Å². The number of halogens is 1. The summed E-state index contributed by atoms with van der Waals surface area (Å²) in [6, 6.07) is 3.51. The molecule has 1 aliphatic rings. The third kappa shape index (κ3) is 7.81. The summed E-state index contributed by atoms with van der Waals surface area (Å²) in [5.74, 6) is 1.93. The number of hydrogen-bond acceptors (Lipinski definition) is 4. The number of nitrogens with zero attached hydrogens (tertiary/aromatic N) is 2. The van der Waals surface area contributed by atoms with Crippen molar-refractivity contribution in [3.63, 3.8) is 0 Å². The molecule has 1 aliphatic heterocycles. The number of aliphatic imine (C=N–C) groups is 1. The number of nitrogens with one attached hydrogen (secondary N) is 3. The summed E-state index contributed by atoms with van der Waals surface area (Å²) in [4.78, 5) is 20.6. The first-order valence-corrected chi connectivity index (χ1v) is 9.46. The largest absolute Gasteiger partial charge is 0.357 e. The molecule has 1 atom stereocenters. The van der Waals surface area contributed by atoms with E-state index in [1.54, 1.807) is 24.5 Å². The van der Waals surface area contributed by atoms with Crippen molar-refractivity contribution >= 4 is 47.6 Å². The molecule has 6 nitrogen and oxygen atoms in total. The second-order valence-corrected chi connectivity index (χ2v) is 7.70. The Balaban J connectivity index is 0.00000312. The molecule has 0 aliphatic carbocycles. The van der Waals surface area contributed by atoms with E-state index in [4.69, 9.17) is 4.99 Å². The van der Waals surface area contributed by atoms with Gasteiger partial charge in [0.05, 0.1) is 12.1 Å². The SMILES string of the molecule is CCNC(=NCC1(C)CCCS1)NCCNC(=O)c1cccnc1.I. The minimum atomic E-state index is -0.110. The molecule has 0 radical (unpaired) electrons. The van der Waals surface area contributed by atoms with Gasteiger partial charge >= 0.3 is 0 Å². The van der Waals surface area contributed by atoms with E-state index in [1.165, 1.54) is 18.6 Å². The third-order valence-electron chi connectivity index (χ3n) is 3.84. The van der Waals surface area contributed by atoms with Gasteiger partial charge in [0.15, 0.2) is 5.96 Å². The van der Waals surface area contributed by atoms with Gasteiger partial charge in [-0.05, 0) is 44.6 Å². The fourth-order valence-electron chi connectivity index (χ4n) is 2.51. The van der Waals surface area contributed by atoms with Crippen LogP contribution in [0.1, 0.15) is 37.0 Å². The van der Waals surface area contributed by atoms with Crippen LogP contribution < -0.4 is 16.0 Å². The molecule has 1 amide bonds. The minimum Gasteiger partial charge on any atom is -0.357 e. The van der Waals surface area contributed by atoms with Crippen molar-refractivity contribution in [3.8, 4) is 0 Å². The van der Waals surface area contributed by atoms with Gasteiger partial charge in [-0.1, -0.05) is 0 Å². The van der Waals surface area contributed by atoms with Gasteiger partial charge in [-0.3, -0.25) is 14.8 Å². The molecule has 0 bridgehead atoms. The van der Waals surface area contributed by atoms with Crippen molar-refractivity contribution in [1.82, 2.24) is 20.9 Å². The van der Waals surface area contributed by atoms with Crippen LogP contribution in [0.2, 0.25) is 0 Å². The predicted octanol–water partition coefficient (Wildman–Crippen LogP) is 2.27. The van der Waals surface area contributed by atoms with E-state index in [0.717, 1.165) is 19.0 Å². The maximum Gasteiger partial charge on any atom is 0.252 e. The summed E-state index contributed by atoms with van der Waals surface area (Å²) >= 11 is 2.01. The minimum absolute atomic E-state index is 0. The molecule has 2 rings (SSSR count). The van der Waals surface area contributed by atoms with E-state index in [0.29, 0.717) is 18.7 Å². The Bertz CT molecular complexity index is 549. The number of aromatic nitrogens is 1. The molecule has 1 unspecified atom stereocenters. The number of rotatable bonds is 7. The highest BCUT2D eigenvalue weighted by molar-refractivity contribution is 14.0. The third-order valence-corrected chi connectivity index (χ3v) is 5.37. The van der Waals surface area contributed by atoms with Crippen molar-refractivity contribution in [2.24, 2.45) is 4.99 Å². The quantitative estimate of drug-likeness (QED) is 0.243. The van der Waals surface area contributed by atoms with E-state index in [-0.39, 0.29) is 34.6 Å². The molecule has 1 fully saturated rings. The molecule has 1 aromatic heterocycles. The number of amides is 1. The number of hydrogen-bond donors (Lipinski definition) is 3. The lowest BCUT2D eigenvalue weighted by Crippen LogP contribution is -2.42. The first kappa shape index (κ1) is 22.0. The molecule has 0 aromatic carbocycles. The highest BCUT2D eigenvalue weighted by Gasteiger charge is 2.29. The second-order valence-electron chi connectivity index (χ2n) is 6.02. The van der Waals surface area contributed by atoms with Crippen LogP contribution in [-0.4, -0.2) is 53.5 Å². The van der Waals surface area contributed by atoms with Crippen LogP contribution in [0.25, 0.3) is 0 Å². The van der Waals surface area contributed by atoms with Crippen LogP contribution in [-0.2, 0) is 0 Å². The maximum atomic E-state index is 11.9. The van der Waals surface area contributed by atoms with E-state index in [1.807, 2.05) is 18.7 Å².